The number of nitrogens with one attached hydrogen (secondary N) is 1. The van der Waals surface area contributed by atoms with Crippen LogP contribution in [0.1, 0.15) is 57.6 Å². The molecule has 5 nitrogen and oxygen atoms in total. The topological polar surface area (TPSA) is 60.6 Å². The molecule has 33 heavy (non-hydrogen) atoms. The van der Waals surface area contributed by atoms with Crippen molar-refractivity contribution in [3.63, 3.8) is 0 Å². The lowest BCUT2D eigenvalue weighted by molar-refractivity contribution is -0.104. The second kappa shape index (κ2) is 7.82. The second-order valence-electron chi connectivity index (χ2n) is 10.2. The van der Waals surface area contributed by atoms with E-state index in [0.717, 1.165) is 33.7 Å². The molecule has 2 heterocycles. The number of hydrogen-bond donors (Lipinski definition) is 1. The molecule has 1 fully saturated rings. The average Bonchev–Trinajstić information content (AvgIpc) is 2.75. The molecule has 1 aromatic heterocycles. The molecule has 0 spiro atoms. The fraction of sp³-hybridized carbons (Fsp3) is 0.464. The summed E-state index contributed by atoms with van der Waals surface area (Å²) in [5.74, 6) is 3.57. The van der Waals surface area contributed by atoms with Gasteiger partial charge in [0.15, 0.2) is 11.5 Å². The molecule has 2 aromatic carbocycles. The largest absolute Gasteiger partial charge is 0.493 e. The van der Waals surface area contributed by atoms with Gasteiger partial charge in [-0.25, -0.2) is 0 Å². The third-order valence-electron chi connectivity index (χ3n) is 7.66. The molecule has 0 radical (unpaired) electrons. The minimum absolute atomic E-state index is 0.0423. The van der Waals surface area contributed by atoms with Crippen LogP contribution >= 0.6 is 0 Å². The zero-order valence-corrected chi connectivity index (χ0v) is 20.3. The first-order valence-electron chi connectivity index (χ1n) is 11.9. The van der Waals surface area contributed by atoms with Gasteiger partial charge >= 0.3 is 0 Å². The maximum atomic E-state index is 13.4. The predicted octanol–water partition coefficient (Wildman–Crippen LogP) is 5.88. The van der Waals surface area contributed by atoms with Crippen molar-refractivity contribution < 1.29 is 14.2 Å². The van der Waals surface area contributed by atoms with Gasteiger partial charge in [-0.3, -0.25) is 4.79 Å². The summed E-state index contributed by atoms with van der Waals surface area (Å²) in [4.78, 5) is 16.5. The summed E-state index contributed by atoms with van der Waals surface area (Å²) in [5.41, 5.74) is 2.36. The van der Waals surface area contributed by atoms with Gasteiger partial charge < -0.3 is 19.2 Å². The standard InChI is InChI=1S/C28H33NO4/c1-7-32-19-13-12-16(14-20(19)31-6)22-21(15(2)3)25-23(22)24-26(33-28(25,4)5)17-10-8-9-11-18(17)29-27(24)30/h8-15,21-23,25H,7H2,1-6H3,(H,29,30)/t21-,22-,23+,25+/m1/s1. The van der Waals surface area contributed by atoms with Crippen LogP contribution in [0.3, 0.4) is 0 Å². The Labute approximate surface area is 195 Å². The highest BCUT2D eigenvalue weighted by Crippen LogP contribution is 2.67. The number of hydrogen-bond acceptors (Lipinski definition) is 4. The molecule has 0 amide bonds. The van der Waals surface area contributed by atoms with E-state index in [4.69, 9.17) is 14.2 Å². The molecule has 174 valence electrons. The first-order chi connectivity index (χ1) is 15.8. The van der Waals surface area contributed by atoms with Crippen molar-refractivity contribution in [1.29, 1.82) is 0 Å². The van der Waals surface area contributed by atoms with E-state index in [1.165, 1.54) is 5.56 Å². The van der Waals surface area contributed by atoms with E-state index < -0.39 is 0 Å². The van der Waals surface area contributed by atoms with Crippen LogP contribution in [0.5, 0.6) is 17.2 Å². The molecular formula is C28H33NO4. The number of H-pyrrole nitrogens is 1. The van der Waals surface area contributed by atoms with Crippen LogP contribution in [-0.2, 0) is 0 Å². The van der Waals surface area contributed by atoms with E-state index in [0.29, 0.717) is 18.4 Å². The van der Waals surface area contributed by atoms with Crippen molar-refractivity contribution in [1.82, 2.24) is 4.98 Å². The number of rotatable bonds is 5. The van der Waals surface area contributed by atoms with Crippen LogP contribution in [0.2, 0.25) is 0 Å². The number of benzene rings is 2. The fourth-order valence-electron chi connectivity index (χ4n) is 6.43. The monoisotopic (exact) mass is 447 g/mol. The molecule has 1 aliphatic carbocycles. The highest BCUT2D eigenvalue weighted by atomic mass is 16.5. The predicted molar refractivity (Wildman–Crippen MR) is 131 cm³/mol. The number of aromatic nitrogens is 1. The number of methoxy groups -OCH3 is 1. The van der Waals surface area contributed by atoms with Crippen molar-refractivity contribution in [2.75, 3.05) is 13.7 Å². The molecule has 1 N–H and O–H groups in total. The number of fused-ring (bicyclic) bond motifs is 5. The first kappa shape index (κ1) is 21.9. The number of aromatic amines is 1. The lowest BCUT2D eigenvalue weighted by atomic mass is 9.45. The molecular weight excluding hydrogens is 414 g/mol. The molecule has 3 aromatic rings. The van der Waals surface area contributed by atoms with Gasteiger partial charge in [0.05, 0.1) is 24.8 Å². The highest BCUT2D eigenvalue weighted by Gasteiger charge is 2.62. The highest BCUT2D eigenvalue weighted by molar-refractivity contribution is 5.87. The van der Waals surface area contributed by atoms with Gasteiger partial charge in [-0.2, -0.15) is 0 Å². The number of para-hydroxylation sites is 1. The Morgan fingerprint density at radius 3 is 2.55 bits per heavy atom. The van der Waals surface area contributed by atoms with Gasteiger partial charge in [0.25, 0.3) is 5.56 Å². The minimum Gasteiger partial charge on any atom is -0.493 e. The van der Waals surface area contributed by atoms with Crippen molar-refractivity contribution in [2.24, 2.45) is 17.8 Å². The smallest absolute Gasteiger partial charge is 0.255 e. The van der Waals surface area contributed by atoms with Crippen molar-refractivity contribution in [3.8, 4) is 17.2 Å². The lowest BCUT2D eigenvalue weighted by Gasteiger charge is -2.62. The second-order valence-corrected chi connectivity index (χ2v) is 10.2. The molecule has 0 saturated heterocycles. The summed E-state index contributed by atoms with van der Waals surface area (Å²) >= 11 is 0. The fourth-order valence-corrected chi connectivity index (χ4v) is 6.43. The normalized spacial score (nSPS) is 25.1. The maximum Gasteiger partial charge on any atom is 0.255 e. The van der Waals surface area contributed by atoms with Gasteiger partial charge in [0.2, 0.25) is 0 Å². The van der Waals surface area contributed by atoms with E-state index in [1.54, 1.807) is 7.11 Å². The SMILES string of the molecule is CCOc1ccc([C@H]2[C@H]3c4c(c5ccccc5[nH]c4=O)OC(C)(C)[C@H]3[C@@H]2C(C)C)cc1OC. The van der Waals surface area contributed by atoms with Crippen LogP contribution in [0.4, 0.5) is 0 Å². The summed E-state index contributed by atoms with van der Waals surface area (Å²) < 4.78 is 18.1. The Balaban J connectivity index is 1.71. The van der Waals surface area contributed by atoms with E-state index in [9.17, 15) is 4.79 Å². The number of ether oxygens (including phenoxy) is 3. The van der Waals surface area contributed by atoms with E-state index in [1.807, 2.05) is 37.3 Å². The van der Waals surface area contributed by atoms with Crippen LogP contribution < -0.4 is 19.8 Å². The Kier molecular flexibility index (Phi) is 5.19. The van der Waals surface area contributed by atoms with Crippen LogP contribution in [0, 0.1) is 17.8 Å². The number of pyridine rings is 1. The van der Waals surface area contributed by atoms with E-state index in [2.05, 4.69) is 44.8 Å². The summed E-state index contributed by atoms with van der Waals surface area (Å²) in [7, 11) is 1.68. The summed E-state index contributed by atoms with van der Waals surface area (Å²) in [6.45, 7) is 11.4. The summed E-state index contributed by atoms with van der Waals surface area (Å²) in [5, 5.41) is 0.967. The molecule has 5 heteroatoms. The Morgan fingerprint density at radius 1 is 1.09 bits per heavy atom. The first-order valence-corrected chi connectivity index (χ1v) is 11.9. The van der Waals surface area contributed by atoms with Crippen molar-refractivity contribution in [3.05, 3.63) is 63.9 Å². The van der Waals surface area contributed by atoms with Crippen molar-refractivity contribution >= 4 is 10.9 Å². The van der Waals surface area contributed by atoms with Crippen molar-refractivity contribution in [2.45, 2.75) is 52.1 Å². The third-order valence-corrected chi connectivity index (χ3v) is 7.66. The average molecular weight is 448 g/mol. The Morgan fingerprint density at radius 2 is 1.85 bits per heavy atom. The summed E-state index contributed by atoms with van der Waals surface area (Å²) in [6, 6.07) is 14.1. The molecule has 0 bridgehead atoms. The van der Waals surface area contributed by atoms with Gasteiger partial charge in [0.1, 0.15) is 11.4 Å². The molecule has 5 rings (SSSR count). The van der Waals surface area contributed by atoms with Crippen LogP contribution in [-0.4, -0.2) is 24.3 Å². The van der Waals surface area contributed by atoms with E-state index >= 15 is 0 Å². The lowest BCUT2D eigenvalue weighted by Crippen LogP contribution is -2.60. The zero-order valence-electron chi connectivity index (χ0n) is 20.3. The zero-order chi connectivity index (χ0) is 23.5. The Bertz CT molecular complexity index is 1260. The van der Waals surface area contributed by atoms with Gasteiger partial charge in [-0.05, 0) is 68.4 Å². The molecule has 0 unspecified atom stereocenters. The van der Waals surface area contributed by atoms with Gasteiger partial charge in [-0.15, -0.1) is 0 Å². The quantitative estimate of drug-likeness (QED) is 0.531. The molecule has 4 atom stereocenters. The Hall–Kier alpha value is -2.95. The molecule has 1 saturated carbocycles. The van der Waals surface area contributed by atoms with E-state index in [-0.39, 0.29) is 28.9 Å². The summed E-state index contributed by atoms with van der Waals surface area (Å²) in [6.07, 6.45) is 0. The molecule has 2 aliphatic rings. The van der Waals surface area contributed by atoms with Crippen LogP contribution in [0.25, 0.3) is 10.9 Å². The van der Waals surface area contributed by atoms with Crippen LogP contribution in [0.15, 0.2) is 47.3 Å². The maximum absolute atomic E-state index is 13.4. The third kappa shape index (κ3) is 3.24. The van der Waals surface area contributed by atoms with Gasteiger partial charge in [-0.1, -0.05) is 32.0 Å². The minimum atomic E-state index is -0.380. The molecule has 1 aliphatic heterocycles. The van der Waals surface area contributed by atoms with Gasteiger partial charge in [0, 0.05) is 17.2 Å².